The highest BCUT2D eigenvalue weighted by Gasteiger charge is 2.27. The molecule has 1 amide bonds. The minimum absolute atomic E-state index is 0.0327. The predicted octanol–water partition coefficient (Wildman–Crippen LogP) is 4.59. The summed E-state index contributed by atoms with van der Waals surface area (Å²) in [6, 6.07) is 11.8. The fraction of sp³-hybridized carbons (Fsp3) is 0.333. The van der Waals surface area contributed by atoms with Crippen molar-refractivity contribution in [1.82, 2.24) is 4.98 Å². The number of aromatic nitrogens is 1. The smallest absolute Gasteiger partial charge is 0.269 e. The fourth-order valence-electron chi connectivity index (χ4n) is 3.52. The molecule has 8 heteroatoms. The van der Waals surface area contributed by atoms with Gasteiger partial charge >= 0.3 is 0 Å². The summed E-state index contributed by atoms with van der Waals surface area (Å²) < 4.78 is 6.79. The van der Waals surface area contributed by atoms with Crippen LogP contribution < -0.4 is 4.90 Å². The zero-order valence-corrected chi connectivity index (χ0v) is 16.9. The Bertz CT molecular complexity index is 1040. The van der Waals surface area contributed by atoms with Crippen LogP contribution in [0.2, 0.25) is 0 Å². The van der Waals surface area contributed by atoms with E-state index in [4.69, 9.17) is 9.72 Å². The number of nitro groups is 1. The number of aryl methyl sites for hydroxylation is 1. The number of hydrogen-bond donors (Lipinski definition) is 0. The quantitative estimate of drug-likeness (QED) is 0.437. The number of anilines is 1. The highest BCUT2D eigenvalue weighted by Crippen LogP contribution is 2.33. The number of hydrogen-bond acceptors (Lipinski definition) is 6. The number of fused-ring (bicyclic) bond motifs is 1. The molecular weight excluding hydrogens is 390 g/mol. The van der Waals surface area contributed by atoms with Gasteiger partial charge in [0.15, 0.2) is 5.13 Å². The molecule has 150 valence electrons. The van der Waals surface area contributed by atoms with Crippen molar-refractivity contribution in [3.63, 3.8) is 0 Å². The van der Waals surface area contributed by atoms with Gasteiger partial charge in [0.05, 0.1) is 27.8 Å². The lowest BCUT2D eigenvalue weighted by molar-refractivity contribution is -0.384. The Morgan fingerprint density at radius 3 is 2.76 bits per heavy atom. The van der Waals surface area contributed by atoms with Crippen molar-refractivity contribution in [2.75, 3.05) is 18.1 Å². The molecule has 1 atom stereocenters. The molecule has 3 aromatic rings. The number of ether oxygens (including phenoxy) is 1. The van der Waals surface area contributed by atoms with E-state index < -0.39 is 4.92 Å². The van der Waals surface area contributed by atoms with Gasteiger partial charge in [-0.05, 0) is 43.0 Å². The van der Waals surface area contributed by atoms with Crippen LogP contribution in [-0.4, -0.2) is 35.1 Å². The molecule has 0 spiro atoms. The van der Waals surface area contributed by atoms with Crippen LogP contribution in [0.3, 0.4) is 0 Å². The molecule has 1 aromatic heterocycles. The predicted molar refractivity (Wildman–Crippen MR) is 113 cm³/mol. The molecule has 1 aliphatic heterocycles. The molecule has 0 N–H and O–H groups in total. The Hall–Kier alpha value is -2.84. The number of nitro benzene ring substituents is 1. The number of nitrogens with zero attached hydrogens (tertiary/aromatic N) is 3. The normalized spacial score (nSPS) is 16.2. The first kappa shape index (κ1) is 19.5. The number of thiazole rings is 1. The second-order valence-electron chi connectivity index (χ2n) is 6.97. The summed E-state index contributed by atoms with van der Waals surface area (Å²) in [5.74, 6) is -0.229. The van der Waals surface area contributed by atoms with Crippen molar-refractivity contribution in [1.29, 1.82) is 0 Å². The van der Waals surface area contributed by atoms with Gasteiger partial charge in [-0.1, -0.05) is 30.4 Å². The monoisotopic (exact) mass is 411 g/mol. The van der Waals surface area contributed by atoms with Crippen molar-refractivity contribution < 1.29 is 14.5 Å². The number of benzene rings is 2. The van der Waals surface area contributed by atoms with Crippen LogP contribution in [0.25, 0.3) is 10.2 Å². The Morgan fingerprint density at radius 1 is 1.31 bits per heavy atom. The number of para-hydroxylation sites is 1. The van der Waals surface area contributed by atoms with Gasteiger partial charge in [0.25, 0.3) is 11.6 Å². The summed E-state index contributed by atoms with van der Waals surface area (Å²) in [4.78, 5) is 30.2. The minimum Gasteiger partial charge on any atom is -0.376 e. The lowest BCUT2D eigenvalue weighted by Gasteiger charge is -2.23. The average Bonchev–Trinajstić information content (AvgIpc) is 3.40. The van der Waals surface area contributed by atoms with Gasteiger partial charge in [0.1, 0.15) is 0 Å². The summed E-state index contributed by atoms with van der Waals surface area (Å²) in [6.07, 6.45) is 2.71. The number of rotatable bonds is 6. The van der Waals surface area contributed by atoms with Crippen LogP contribution in [0.5, 0.6) is 0 Å². The number of amides is 1. The molecule has 7 nitrogen and oxygen atoms in total. The third-order valence-corrected chi connectivity index (χ3v) is 6.13. The number of carbonyl (C=O) groups excluding carboxylic acids is 1. The highest BCUT2D eigenvalue weighted by molar-refractivity contribution is 7.22. The molecule has 1 saturated heterocycles. The Balaban J connectivity index is 1.71. The molecule has 29 heavy (non-hydrogen) atoms. The van der Waals surface area contributed by atoms with Crippen LogP contribution in [-0.2, 0) is 11.2 Å². The van der Waals surface area contributed by atoms with Crippen molar-refractivity contribution in [3.8, 4) is 0 Å². The second-order valence-corrected chi connectivity index (χ2v) is 7.98. The molecule has 1 aliphatic rings. The highest BCUT2D eigenvalue weighted by atomic mass is 32.1. The zero-order chi connectivity index (χ0) is 20.4. The lowest BCUT2D eigenvalue weighted by atomic mass is 10.1. The van der Waals surface area contributed by atoms with E-state index in [9.17, 15) is 14.9 Å². The van der Waals surface area contributed by atoms with Crippen LogP contribution >= 0.6 is 11.3 Å². The van der Waals surface area contributed by atoms with Crippen LogP contribution in [0.1, 0.15) is 35.7 Å². The summed E-state index contributed by atoms with van der Waals surface area (Å²) in [5.41, 5.74) is 2.41. The summed E-state index contributed by atoms with van der Waals surface area (Å²) in [6.45, 7) is 3.20. The standard InChI is InChI=1S/C21H21N3O4S/c1-2-14-5-3-7-18-19(14)22-21(29-18)23(13-17-6-4-12-28-17)20(25)15-8-10-16(11-9-15)24(26)27/h3,5,7-11,17H,2,4,6,12-13H2,1H3. The molecule has 1 fully saturated rings. The average molecular weight is 411 g/mol. The maximum Gasteiger partial charge on any atom is 0.269 e. The van der Waals surface area contributed by atoms with E-state index in [2.05, 4.69) is 13.0 Å². The number of non-ortho nitro benzene ring substituents is 1. The molecule has 0 aliphatic carbocycles. The maximum absolute atomic E-state index is 13.3. The molecular formula is C21H21N3O4S. The molecule has 4 rings (SSSR count). The third-order valence-electron chi connectivity index (χ3n) is 5.08. The fourth-order valence-corrected chi connectivity index (χ4v) is 4.54. The van der Waals surface area contributed by atoms with E-state index in [1.54, 1.807) is 4.90 Å². The van der Waals surface area contributed by atoms with Crippen LogP contribution in [0, 0.1) is 10.1 Å². The first-order chi connectivity index (χ1) is 14.1. The molecule has 2 heterocycles. The Kier molecular flexibility index (Phi) is 5.55. The summed E-state index contributed by atoms with van der Waals surface area (Å²) >= 11 is 1.48. The van der Waals surface area contributed by atoms with E-state index in [0.717, 1.165) is 35.0 Å². The first-order valence-corrected chi connectivity index (χ1v) is 10.4. The van der Waals surface area contributed by atoms with Gasteiger partial charge in [-0.3, -0.25) is 19.8 Å². The van der Waals surface area contributed by atoms with Gasteiger partial charge in [-0.2, -0.15) is 0 Å². The SMILES string of the molecule is CCc1cccc2sc(N(CC3CCCO3)C(=O)c3ccc([N+](=O)[O-])cc3)nc12. The molecule has 0 saturated carbocycles. The molecule has 0 radical (unpaired) electrons. The van der Waals surface area contributed by atoms with Crippen molar-refractivity contribution >= 4 is 38.3 Å². The molecule has 1 unspecified atom stereocenters. The largest absolute Gasteiger partial charge is 0.376 e. The first-order valence-electron chi connectivity index (χ1n) is 9.63. The molecule has 2 aromatic carbocycles. The summed E-state index contributed by atoms with van der Waals surface area (Å²) in [5, 5.41) is 11.5. The third kappa shape index (κ3) is 3.99. The zero-order valence-electron chi connectivity index (χ0n) is 16.0. The van der Waals surface area contributed by atoms with Gasteiger partial charge in [-0.25, -0.2) is 4.98 Å². The van der Waals surface area contributed by atoms with Crippen molar-refractivity contribution in [2.45, 2.75) is 32.3 Å². The Labute approximate surface area is 172 Å². The van der Waals surface area contributed by atoms with E-state index in [1.807, 2.05) is 12.1 Å². The van der Waals surface area contributed by atoms with E-state index in [-0.39, 0.29) is 17.7 Å². The second kappa shape index (κ2) is 8.26. The van der Waals surface area contributed by atoms with Gasteiger partial charge < -0.3 is 4.74 Å². The Morgan fingerprint density at radius 2 is 2.10 bits per heavy atom. The van der Waals surface area contributed by atoms with E-state index in [1.165, 1.54) is 35.6 Å². The topological polar surface area (TPSA) is 85.6 Å². The van der Waals surface area contributed by atoms with Crippen LogP contribution in [0.4, 0.5) is 10.8 Å². The minimum atomic E-state index is -0.474. The van der Waals surface area contributed by atoms with E-state index in [0.29, 0.717) is 23.8 Å². The van der Waals surface area contributed by atoms with Gasteiger partial charge in [0.2, 0.25) is 0 Å². The van der Waals surface area contributed by atoms with Crippen LogP contribution in [0.15, 0.2) is 42.5 Å². The lowest BCUT2D eigenvalue weighted by Crippen LogP contribution is -2.37. The number of carbonyl (C=O) groups is 1. The van der Waals surface area contributed by atoms with Gasteiger partial charge in [-0.15, -0.1) is 0 Å². The van der Waals surface area contributed by atoms with Gasteiger partial charge in [0, 0.05) is 24.3 Å². The molecule has 0 bridgehead atoms. The maximum atomic E-state index is 13.3. The van der Waals surface area contributed by atoms with Crippen molar-refractivity contribution in [3.05, 3.63) is 63.7 Å². The van der Waals surface area contributed by atoms with Crippen molar-refractivity contribution in [2.24, 2.45) is 0 Å². The van der Waals surface area contributed by atoms with E-state index >= 15 is 0 Å². The summed E-state index contributed by atoms with van der Waals surface area (Å²) in [7, 11) is 0.